The van der Waals surface area contributed by atoms with Crippen molar-refractivity contribution in [2.45, 2.75) is 12.7 Å². The van der Waals surface area contributed by atoms with Gasteiger partial charge in [0.05, 0.1) is 19.4 Å². The predicted molar refractivity (Wildman–Crippen MR) is 49.7 cm³/mol. The number of nitrogens with zero attached hydrogens (tertiary/aromatic N) is 1. The molecule has 0 amide bonds. The van der Waals surface area contributed by atoms with Gasteiger partial charge in [0.25, 0.3) is 6.02 Å². The highest BCUT2D eigenvalue weighted by atomic mass is 16.6. The van der Waals surface area contributed by atoms with Gasteiger partial charge in [-0.05, 0) is 12.1 Å². The van der Waals surface area contributed by atoms with E-state index in [1.54, 1.807) is 6.26 Å². The normalized spacial score (nSPS) is 20.6. The molecule has 0 radical (unpaired) electrons. The van der Waals surface area contributed by atoms with Gasteiger partial charge in [0.1, 0.15) is 18.5 Å². The fraction of sp³-hybridized carbons (Fsp3) is 0.444. The minimum atomic E-state index is -0.0510. The Morgan fingerprint density at radius 2 is 2.57 bits per heavy atom. The van der Waals surface area contributed by atoms with Crippen molar-refractivity contribution in [3.05, 3.63) is 24.2 Å². The summed E-state index contributed by atoms with van der Waals surface area (Å²) in [6, 6.07) is 3.93. The molecule has 2 rings (SSSR count). The molecule has 1 aliphatic heterocycles. The Kier molecular flexibility index (Phi) is 2.69. The van der Waals surface area contributed by atoms with E-state index in [2.05, 4.69) is 4.99 Å². The Labute approximate surface area is 81.5 Å². The van der Waals surface area contributed by atoms with Gasteiger partial charge >= 0.3 is 0 Å². The van der Waals surface area contributed by atoms with Crippen molar-refractivity contribution < 1.29 is 13.9 Å². The number of aliphatic imine (C=N–C) groups is 1. The van der Waals surface area contributed by atoms with E-state index in [1.165, 1.54) is 0 Å². The predicted octanol–water partition coefficient (Wildman–Crippen LogP) is 0.510. The molecule has 0 aliphatic carbocycles. The van der Waals surface area contributed by atoms with Crippen LogP contribution in [0.4, 0.5) is 0 Å². The Morgan fingerprint density at radius 3 is 3.21 bits per heavy atom. The van der Waals surface area contributed by atoms with Gasteiger partial charge in [0.15, 0.2) is 0 Å². The minimum absolute atomic E-state index is 0.0510. The zero-order valence-electron chi connectivity index (χ0n) is 7.68. The molecule has 2 N–H and O–H groups in total. The first-order valence-electron chi connectivity index (χ1n) is 4.41. The van der Waals surface area contributed by atoms with Crippen LogP contribution in [0.3, 0.4) is 0 Å². The molecule has 1 aliphatic rings. The topological polar surface area (TPSA) is 70.0 Å². The van der Waals surface area contributed by atoms with Crippen LogP contribution in [0.5, 0.6) is 0 Å². The number of ether oxygens (including phenoxy) is 2. The van der Waals surface area contributed by atoms with Crippen LogP contribution in [-0.4, -0.2) is 25.3 Å². The first-order chi connectivity index (χ1) is 6.84. The second-order valence-corrected chi connectivity index (χ2v) is 3.01. The summed E-state index contributed by atoms with van der Waals surface area (Å²) in [5.74, 6) is 0.803. The maximum atomic E-state index is 5.36. The largest absolute Gasteiger partial charge is 0.467 e. The van der Waals surface area contributed by atoms with E-state index < -0.39 is 0 Å². The summed E-state index contributed by atoms with van der Waals surface area (Å²) in [5.41, 5.74) is 5.35. The van der Waals surface area contributed by atoms with Crippen LogP contribution in [0.1, 0.15) is 5.76 Å². The van der Waals surface area contributed by atoms with Crippen LogP contribution in [0, 0.1) is 0 Å². The van der Waals surface area contributed by atoms with Crippen molar-refractivity contribution in [1.82, 2.24) is 0 Å². The van der Waals surface area contributed by atoms with Crippen molar-refractivity contribution in [3.63, 3.8) is 0 Å². The minimum Gasteiger partial charge on any atom is -0.467 e. The molecule has 76 valence electrons. The zero-order chi connectivity index (χ0) is 9.80. The molecule has 5 heteroatoms. The Hall–Kier alpha value is -1.49. The lowest BCUT2D eigenvalue weighted by molar-refractivity contribution is 0.0403. The number of furan rings is 1. The average Bonchev–Trinajstić information content (AvgIpc) is 2.77. The number of amidine groups is 1. The van der Waals surface area contributed by atoms with E-state index in [4.69, 9.17) is 19.6 Å². The fourth-order valence-electron chi connectivity index (χ4n) is 1.21. The van der Waals surface area contributed by atoms with E-state index >= 15 is 0 Å². The third-order valence-corrected chi connectivity index (χ3v) is 1.87. The van der Waals surface area contributed by atoms with Crippen molar-refractivity contribution in [1.29, 1.82) is 0 Å². The smallest absolute Gasteiger partial charge is 0.282 e. The van der Waals surface area contributed by atoms with Gasteiger partial charge in [-0.1, -0.05) is 0 Å². The fourth-order valence-corrected chi connectivity index (χ4v) is 1.21. The Bertz CT molecular complexity index is 308. The first-order valence-corrected chi connectivity index (χ1v) is 4.41. The lowest BCUT2D eigenvalue weighted by Crippen LogP contribution is -2.22. The number of hydrogen-bond donors (Lipinski definition) is 1. The Balaban J connectivity index is 1.65. The van der Waals surface area contributed by atoms with Crippen LogP contribution in [0.2, 0.25) is 0 Å². The highest BCUT2D eigenvalue weighted by molar-refractivity contribution is 5.72. The third-order valence-electron chi connectivity index (χ3n) is 1.87. The van der Waals surface area contributed by atoms with Crippen molar-refractivity contribution in [2.24, 2.45) is 10.7 Å². The molecule has 1 aromatic heterocycles. The summed E-state index contributed by atoms with van der Waals surface area (Å²) in [4.78, 5) is 3.90. The van der Waals surface area contributed by atoms with Crippen LogP contribution >= 0.6 is 0 Å². The van der Waals surface area contributed by atoms with E-state index in [1.807, 2.05) is 12.1 Å². The summed E-state index contributed by atoms with van der Waals surface area (Å²) < 4.78 is 15.6. The first kappa shape index (κ1) is 9.08. The van der Waals surface area contributed by atoms with Gasteiger partial charge in [0.2, 0.25) is 0 Å². The molecule has 1 aromatic rings. The lowest BCUT2D eigenvalue weighted by atomic mass is 10.4. The number of rotatable bonds is 4. The van der Waals surface area contributed by atoms with E-state index in [0.29, 0.717) is 19.8 Å². The molecule has 0 saturated carbocycles. The third kappa shape index (κ3) is 2.26. The molecule has 1 unspecified atom stereocenters. The second kappa shape index (κ2) is 4.15. The summed E-state index contributed by atoms with van der Waals surface area (Å²) in [6.07, 6.45) is 1.57. The highest BCUT2D eigenvalue weighted by Crippen LogP contribution is 2.05. The lowest BCUT2D eigenvalue weighted by Gasteiger charge is -2.09. The monoisotopic (exact) mass is 196 g/mol. The van der Waals surface area contributed by atoms with Gasteiger partial charge in [-0.25, -0.2) is 4.99 Å². The molecule has 1 atom stereocenters. The number of hydrogen-bond acceptors (Lipinski definition) is 5. The maximum Gasteiger partial charge on any atom is 0.282 e. The zero-order valence-corrected chi connectivity index (χ0v) is 7.68. The van der Waals surface area contributed by atoms with Crippen LogP contribution < -0.4 is 5.73 Å². The second-order valence-electron chi connectivity index (χ2n) is 3.01. The molecule has 5 nitrogen and oxygen atoms in total. The molecule has 0 fully saturated rings. The summed E-state index contributed by atoms with van der Waals surface area (Å²) in [5, 5.41) is 0. The van der Waals surface area contributed by atoms with Gasteiger partial charge < -0.3 is 19.6 Å². The van der Waals surface area contributed by atoms with Crippen molar-refractivity contribution in [3.8, 4) is 0 Å². The highest BCUT2D eigenvalue weighted by Gasteiger charge is 2.17. The van der Waals surface area contributed by atoms with Crippen LogP contribution in [-0.2, 0) is 16.1 Å². The van der Waals surface area contributed by atoms with Crippen molar-refractivity contribution in [2.75, 3.05) is 13.2 Å². The van der Waals surface area contributed by atoms with Gasteiger partial charge in [0, 0.05) is 0 Å². The average molecular weight is 196 g/mol. The van der Waals surface area contributed by atoms with Crippen LogP contribution in [0.15, 0.2) is 27.8 Å². The maximum absolute atomic E-state index is 5.36. The van der Waals surface area contributed by atoms with Crippen molar-refractivity contribution >= 4 is 6.02 Å². The van der Waals surface area contributed by atoms with E-state index in [0.717, 1.165) is 5.76 Å². The molecule has 0 bridgehead atoms. The molecular weight excluding hydrogens is 184 g/mol. The number of nitrogens with two attached hydrogens (primary N) is 1. The van der Waals surface area contributed by atoms with Gasteiger partial charge in [-0.15, -0.1) is 0 Å². The Morgan fingerprint density at radius 1 is 1.64 bits per heavy atom. The molecule has 14 heavy (non-hydrogen) atoms. The summed E-state index contributed by atoms with van der Waals surface area (Å²) >= 11 is 0. The molecule has 0 spiro atoms. The summed E-state index contributed by atoms with van der Waals surface area (Å²) in [7, 11) is 0. The molecule has 0 saturated heterocycles. The van der Waals surface area contributed by atoms with Crippen LogP contribution in [0.25, 0.3) is 0 Å². The molecule has 0 aromatic carbocycles. The quantitative estimate of drug-likeness (QED) is 0.761. The van der Waals surface area contributed by atoms with E-state index in [-0.39, 0.29) is 12.1 Å². The van der Waals surface area contributed by atoms with Gasteiger partial charge in [-0.2, -0.15) is 0 Å². The molecular formula is C9H12N2O3. The summed E-state index contributed by atoms with van der Waals surface area (Å²) in [6.45, 7) is 1.50. The molecule has 2 heterocycles. The van der Waals surface area contributed by atoms with E-state index in [9.17, 15) is 0 Å². The SMILES string of the molecule is NC1=NCC(COCc2ccco2)O1. The standard InChI is InChI=1S/C9H12N2O3/c10-9-11-4-8(14-9)6-12-5-7-2-1-3-13-7/h1-3,8H,4-6H2,(H2,10,11). The van der Waals surface area contributed by atoms with Gasteiger partial charge in [-0.3, -0.25) is 0 Å².